The van der Waals surface area contributed by atoms with Gasteiger partial charge in [0.15, 0.2) is 0 Å². The van der Waals surface area contributed by atoms with Crippen molar-refractivity contribution in [1.29, 1.82) is 0 Å². The molecular weight excluding hydrogens is 321 g/mol. The molecule has 0 fully saturated rings. The second-order valence-corrected chi connectivity index (χ2v) is 5.00. The van der Waals surface area contributed by atoms with Crippen molar-refractivity contribution in [2.75, 3.05) is 5.73 Å². The summed E-state index contributed by atoms with van der Waals surface area (Å²) in [7, 11) is 0. The van der Waals surface area contributed by atoms with Crippen LogP contribution in [0.3, 0.4) is 0 Å². The molecule has 2 aromatic carbocycles. The fourth-order valence-electron chi connectivity index (χ4n) is 1.43. The lowest BCUT2D eigenvalue weighted by atomic mass is 10.2. The molecule has 0 aliphatic carbocycles. The van der Waals surface area contributed by atoms with Crippen molar-refractivity contribution >= 4 is 33.2 Å². The fraction of sp³-hybridized carbons (Fsp3) is 0.0769. The Morgan fingerprint density at radius 1 is 1.22 bits per heavy atom. The Bertz CT molecular complexity index is 577. The Morgan fingerprint density at radius 3 is 2.72 bits per heavy atom. The second-order valence-electron chi connectivity index (χ2n) is 3.71. The highest BCUT2D eigenvalue weighted by Gasteiger charge is 2.04. The van der Waals surface area contributed by atoms with Gasteiger partial charge in [-0.15, -0.1) is 0 Å². The molecule has 5 heteroatoms. The molecule has 0 saturated carbocycles. The number of halogens is 3. The van der Waals surface area contributed by atoms with Crippen LogP contribution in [0.2, 0.25) is 5.02 Å². The molecule has 0 spiro atoms. The summed E-state index contributed by atoms with van der Waals surface area (Å²) >= 11 is 8.97. The number of anilines is 1. The van der Waals surface area contributed by atoms with E-state index in [0.717, 1.165) is 5.56 Å². The summed E-state index contributed by atoms with van der Waals surface area (Å²) in [5, 5.41) is 0.600. The minimum atomic E-state index is -0.329. The Kier molecular flexibility index (Phi) is 4.09. The van der Waals surface area contributed by atoms with E-state index in [2.05, 4.69) is 15.9 Å². The van der Waals surface area contributed by atoms with Gasteiger partial charge in [0.25, 0.3) is 0 Å². The molecule has 2 N–H and O–H groups in total. The summed E-state index contributed by atoms with van der Waals surface area (Å²) in [6.07, 6.45) is 0. The molecule has 0 saturated heterocycles. The monoisotopic (exact) mass is 329 g/mol. The number of nitrogen functional groups attached to an aromatic ring is 1. The maximum Gasteiger partial charge on any atom is 0.137 e. The van der Waals surface area contributed by atoms with Crippen molar-refractivity contribution in [3.63, 3.8) is 0 Å². The van der Waals surface area contributed by atoms with Crippen molar-refractivity contribution in [1.82, 2.24) is 0 Å². The first-order valence-electron chi connectivity index (χ1n) is 5.18. The summed E-state index contributed by atoms with van der Waals surface area (Å²) in [6, 6.07) is 9.64. The summed E-state index contributed by atoms with van der Waals surface area (Å²) in [4.78, 5) is 0. The number of rotatable bonds is 3. The molecule has 2 nitrogen and oxygen atoms in total. The van der Waals surface area contributed by atoms with Crippen LogP contribution in [-0.4, -0.2) is 0 Å². The average Bonchev–Trinajstić information content (AvgIpc) is 2.34. The van der Waals surface area contributed by atoms with Crippen LogP contribution < -0.4 is 10.5 Å². The lowest BCUT2D eigenvalue weighted by Gasteiger charge is -2.09. The highest BCUT2D eigenvalue weighted by Crippen LogP contribution is 2.24. The first-order chi connectivity index (χ1) is 8.56. The molecular formula is C13H10BrClFNO. The van der Waals surface area contributed by atoms with Gasteiger partial charge in [0.1, 0.15) is 18.2 Å². The van der Waals surface area contributed by atoms with Gasteiger partial charge >= 0.3 is 0 Å². The predicted molar refractivity (Wildman–Crippen MR) is 74.3 cm³/mol. The van der Waals surface area contributed by atoms with Crippen molar-refractivity contribution in [3.05, 3.63) is 57.3 Å². The first-order valence-corrected chi connectivity index (χ1v) is 6.35. The van der Waals surface area contributed by atoms with Crippen molar-refractivity contribution < 1.29 is 9.13 Å². The summed E-state index contributed by atoms with van der Waals surface area (Å²) in [5.41, 5.74) is 7.21. The van der Waals surface area contributed by atoms with Crippen molar-refractivity contribution in [3.8, 4) is 5.75 Å². The van der Waals surface area contributed by atoms with Gasteiger partial charge in [-0.3, -0.25) is 0 Å². The topological polar surface area (TPSA) is 35.2 Å². The highest BCUT2D eigenvalue weighted by atomic mass is 79.9. The molecule has 0 aliphatic heterocycles. The Morgan fingerprint density at radius 2 is 2.00 bits per heavy atom. The van der Waals surface area contributed by atoms with Crippen molar-refractivity contribution in [2.45, 2.75) is 6.61 Å². The Labute approximate surface area is 118 Å². The number of benzene rings is 2. The largest absolute Gasteiger partial charge is 0.489 e. The van der Waals surface area contributed by atoms with Gasteiger partial charge in [0.05, 0.1) is 4.47 Å². The quantitative estimate of drug-likeness (QED) is 0.846. The maximum absolute atomic E-state index is 13.0. The van der Waals surface area contributed by atoms with Gasteiger partial charge in [0.2, 0.25) is 0 Å². The van der Waals surface area contributed by atoms with E-state index in [4.69, 9.17) is 22.1 Å². The lowest BCUT2D eigenvalue weighted by Crippen LogP contribution is -2.00. The van der Waals surface area contributed by atoms with Gasteiger partial charge in [-0.05, 0) is 52.3 Å². The lowest BCUT2D eigenvalue weighted by molar-refractivity contribution is 0.306. The number of hydrogen-bond donors (Lipinski definition) is 1. The highest BCUT2D eigenvalue weighted by molar-refractivity contribution is 9.10. The van der Waals surface area contributed by atoms with E-state index in [9.17, 15) is 4.39 Å². The molecule has 0 bridgehead atoms. The second kappa shape index (κ2) is 5.59. The minimum Gasteiger partial charge on any atom is -0.489 e. The van der Waals surface area contributed by atoms with E-state index in [-0.39, 0.29) is 12.4 Å². The van der Waals surface area contributed by atoms with Gasteiger partial charge in [-0.1, -0.05) is 11.6 Å². The zero-order valence-electron chi connectivity index (χ0n) is 9.29. The van der Waals surface area contributed by atoms with Crippen LogP contribution >= 0.6 is 27.5 Å². The molecule has 0 radical (unpaired) electrons. The first kappa shape index (κ1) is 13.2. The Balaban J connectivity index is 2.11. The average molecular weight is 331 g/mol. The fourth-order valence-corrected chi connectivity index (χ4v) is 1.98. The van der Waals surface area contributed by atoms with Crippen molar-refractivity contribution in [2.24, 2.45) is 0 Å². The summed E-state index contributed by atoms with van der Waals surface area (Å²) < 4.78 is 18.9. The smallest absolute Gasteiger partial charge is 0.137 e. The van der Waals surface area contributed by atoms with E-state index in [1.54, 1.807) is 30.3 Å². The number of hydrogen-bond acceptors (Lipinski definition) is 2. The SMILES string of the molecule is Nc1ccc(Cl)cc1COc1ccc(F)c(Br)c1. The molecule has 2 aromatic rings. The maximum atomic E-state index is 13.0. The molecule has 0 heterocycles. The van der Waals surface area contributed by atoms with Gasteiger partial charge in [-0.25, -0.2) is 4.39 Å². The molecule has 0 aliphatic rings. The summed E-state index contributed by atoms with van der Waals surface area (Å²) in [5.74, 6) is 0.229. The predicted octanol–water partition coefficient (Wildman–Crippen LogP) is 4.40. The normalized spacial score (nSPS) is 10.4. The summed E-state index contributed by atoms with van der Waals surface area (Å²) in [6.45, 7) is 0.282. The third-order valence-corrected chi connectivity index (χ3v) is 3.23. The molecule has 2 rings (SSSR count). The van der Waals surface area contributed by atoms with Crippen LogP contribution in [0.25, 0.3) is 0 Å². The zero-order chi connectivity index (χ0) is 13.1. The van der Waals surface area contributed by atoms with Gasteiger partial charge in [-0.2, -0.15) is 0 Å². The third kappa shape index (κ3) is 3.15. The van der Waals surface area contributed by atoms with E-state index in [1.807, 2.05) is 0 Å². The molecule has 0 atom stereocenters. The number of nitrogens with two attached hydrogens (primary N) is 1. The molecule has 94 valence electrons. The third-order valence-electron chi connectivity index (χ3n) is 2.39. The number of ether oxygens (including phenoxy) is 1. The van der Waals surface area contributed by atoms with Crippen LogP contribution in [0.1, 0.15) is 5.56 Å². The van der Waals surface area contributed by atoms with Crippen LogP contribution in [0.15, 0.2) is 40.9 Å². The van der Waals surface area contributed by atoms with E-state index < -0.39 is 0 Å². The van der Waals surface area contributed by atoms with Crippen LogP contribution in [0.4, 0.5) is 10.1 Å². The molecule has 0 amide bonds. The van der Waals surface area contributed by atoms with E-state index in [1.165, 1.54) is 6.07 Å². The minimum absolute atomic E-state index is 0.282. The van der Waals surface area contributed by atoms with E-state index in [0.29, 0.717) is 20.9 Å². The standard InChI is InChI=1S/C13H10BrClFNO/c14-11-6-10(2-3-12(11)16)18-7-8-5-9(15)1-4-13(8)17/h1-6H,7,17H2. The van der Waals surface area contributed by atoms with Crippen LogP contribution in [0, 0.1) is 5.82 Å². The van der Waals surface area contributed by atoms with Crippen LogP contribution in [-0.2, 0) is 6.61 Å². The molecule has 0 unspecified atom stereocenters. The van der Waals surface area contributed by atoms with Crippen LogP contribution in [0.5, 0.6) is 5.75 Å². The van der Waals surface area contributed by atoms with Gasteiger partial charge in [0, 0.05) is 16.3 Å². The molecule has 0 aromatic heterocycles. The molecule has 18 heavy (non-hydrogen) atoms. The Hall–Kier alpha value is -1.26. The zero-order valence-corrected chi connectivity index (χ0v) is 11.6. The van der Waals surface area contributed by atoms with Gasteiger partial charge < -0.3 is 10.5 Å². The van der Waals surface area contributed by atoms with E-state index >= 15 is 0 Å².